The van der Waals surface area contributed by atoms with Gasteiger partial charge in [0.1, 0.15) is 0 Å². The second-order valence-electron chi connectivity index (χ2n) is 4.11. The number of benzene rings is 2. The standard InChI is InChI=1S/C13H6F7/c14-11(15,12(16,17)13(18,19)20)10-6-5-8-3-1-2-4-9(8)7-10/h1-6H. The van der Waals surface area contributed by atoms with Gasteiger partial charge < -0.3 is 0 Å². The number of hydrogen-bond acceptors (Lipinski definition) is 0. The summed E-state index contributed by atoms with van der Waals surface area (Å²) in [7, 11) is 0. The summed E-state index contributed by atoms with van der Waals surface area (Å²) in [5.74, 6) is -11.6. The molecule has 0 saturated heterocycles. The van der Waals surface area contributed by atoms with Crippen molar-refractivity contribution >= 4 is 10.8 Å². The van der Waals surface area contributed by atoms with E-state index in [4.69, 9.17) is 0 Å². The second kappa shape index (κ2) is 4.36. The van der Waals surface area contributed by atoms with Gasteiger partial charge in [0, 0.05) is 11.6 Å². The highest BCUT2D eigenvalue weighted by atomic mass is 19.4. The Balaban J connectivity index is 2.57. The Labute approximate surface area is 108 Å². The van der Waals surface area contributed by atoms with Crippen LogP contribution >= 0.6 is 0 Å². The van der Waals surface area contributed by atoms with Crippen LogP contribution in [-0.4, -0.2) is 12.1 Å². The normalized spacial score (nSPS) is 13.8. The highest BCUT2D eigenvalue weighted by molar-refractivity contribution is 5.82. The van der Waals surface area contributed by atoms with Gasteiger partial charge in [0.25, 0.3) is 0 Å². The quantitative estimate of drug-likeness (QED) is 0.689. The molecule has 0 N–H and O–H groups in total. The van der Waals surface area contributed by atoms with Crippen LogP contribution in [0.1, 0.15) is 5.56 Å². The molecule has 0 bridgehead atoms. The third kappa shape index (κ3) is 2.10. The molecule has 7 heteroatoms. The molecule has 2 rings (SSSR count). The lowest BCUT2D eigenvalue weighted by Gasteiger charge is -2.28. The molecule has 0 heterocycles. The predicted octanol–water partition coefficient (Wildman–Crippen LogP) is 4.93. The van der Waals surface area contributed by atoms with Gasteiger partial charge in [0.2, 0.25) is 0 Å². The summed E-state index contributed by atoms with van der Waals surface area (Å²) in [5.41, 5.74) is -1.50. The average molecular weight is 295 g/mol. The fourth-order valence-corrected chi connectivity index (χ4v) is 1.65. The van der Waals surface area contributed by atoms with Gasteiger partial charge in [-0.15, -0.1) is 0 Å². The number of fused-ring (bicyclic) bond motifs is 1. The Morgan fingerprint density at radius 1 is 0.750 bits per heavy atom. The van der Waals surface area contributed by atoms with Gasteiger partial charge in [0.15, 0.2) is 0 Å². The van der Waals surface area contributed by atoms with Gasteiger partial charge in [0.05, 0.1) is 0 Å². The van der Waals surface area contributed by atoms with Crippen LogP contribution in [0, 0.1) is 6.07 Å². The van der Waals surface area contributed by atoms with E-state index in [1.165, 1.54) is 18.2 Å². The molecule has 0 fully saturated rings. The number of rotatable bonds is 2. The zero-order valence-corrected chi connectivity index (χ0v) is 9.61. The van der Waals surface area contributed by atoms with E-state index in [1.807, 2.05) is 6.07 Å². The lowest BCUT2D eigenvalue weighted by molar-refractivity contribution is -0.359. The molecule has 0 aliphatic carbocycles. The summed E-state index contributed by atoms with van der Waals surface area (Å²) in [6.45, 7) is 0. The lowest BCUT2D eigenvalue weighted by atomic mass is 9.98. The monoisotopic (exact) mass is 295 g/mol. The molecule has 1 radical (unpaired) electrons. The van der Waals surface area contributed by atoms with Crippen LogP contribution in [-0.2, 0) is 5.92 Å². The number of alkyl halides is 7. The van der Waals surface area contributed by atoms with Crippen molar-refractivity contribution in [2.24, 2.45) is 0 Å². The molecule has 20 heavy (non-hydrogen) atoms. The number of halogens is 7. The molecule has 107 valence electrons. The van der Waals surface area contributed by atoms with Crippen molar-refractivity contribution in [2.75, 3.05) is 0 Å². The molecule has 0 amide bonds. The van der Waals surface area contributed by atoms with E-state index in [2.05, 4.69) is 0 Å². The highest BCUT2D eigenvalue weighted by Gasteiger charge is 2.73. The van der Waals surface area contributed by atoms with Gasteiger partial charge in [-0.25, -0.2) is 0 Å². The van der Waals surface area contributed by atoms with Gasteiger partial charge in [-0.2, -0.15) is 30.7 Å². The van der Waals surface area contributed by atoms with Crippen molar-refractivity contribution in [3.8, 4) is 0 Å². The Hall–Kier alpha value is -1.79. The molecule has 2 aromatic carbocycles. The van der Waals surface area contributed by atoms with Crippen LogP contribution < -0.4 is 0 Å². The van der Waals surface area contributed by atoms with Crippen LogP contribution in [0.4, 0.5) is 30.7 Å². The molecule has 0 aliphatic heterocycles. The maximum absolute atomic E-state index is 13.5. The van der Waals surface area contributed by atoms with Crippen LogP contribution in [0.25, 0.3) is 10.8 Å². The van der Waals surface area contributed by atoms with Crippen LogP contribution in [0.15, 0.2) is 36.4 Å². The third-order valence-electron chi connectivity index (χ3n) is 2.75. The van der Waals surface area contributed by atoms with E-state index in [0.29, 0.717) is 11.5 Å². The molecular weight excluding hydrogens is 289 g/mol. The maximum atomic E-state index is 13.5. The Morgan fingerprint density at radius 2 is 1.35 bits per heavy atom. The van der Waals surface area contributed by atoms with E-state index in [1.54, 1.807) is 6.07 Å². The third-order valence-corrected chi connectivity index (χ3v) is 2.75. The molecule has 2 aromatic rings. The summed E-state index contributed by atoms with van der Waals surface area (Å²) in [4.78, 5) is 0. The van der Waals surface area contributed by atoms with Crippen molar-refractivity contribution < 1.29 is 30.7 Å². The Morgan fingerprint density at radius 3 is 1.95 bits per heavy atom. The van der Waals surface area contributed by atoms with Crippen molar-refractivity contribution in [1.82, 2.24) is 0 Å². The largest absolute Gasteiger partial charge is 0.460 e. The van der Waals surface area contributed by atoms with Crippen molar-refractivity contribution in [2.45, 2.75) is 18.0 Å². The first-order chi connectivity index (χ1) is 9.07. The van der Waals surface area contributed by atoms with Crippen molar-refractivity contribution in [3.05, 3.63) is 48.0 Å². The number of hydrogen-bond donors (Lipinski definition) is 0. The molecule has 0 nitrogen and oxygen atoms in total. The van der Waals surface area contributed by atoms with E-state index >= 15 is 0 Å². The smallest absolute Gasteiger partial charge is 0.194 e. The van der Waals surface area contributed by atoms with Gasteiger partial charge in [-0.05, 0) is 10.8 Å². The fourth-order valence-electron chi connectivity index (χ4n) is 1.65. The first-order valence-electron chi connectivity index (χ1n) is 5.31. The molecule has 0 unspecified atom stereocenters. The fraction of sp³-hybridized carbons (Fsp3) is 0.231. The summed E-state index contributed by atoms with van der Waals surface area (Å²) in [6, 6.07) is 9.26. The average Bonchev–Trinajstić information content (AvgIpc) is 2.36. The van der Waals surface area contributed by atoms with Crippen molar-refractivity contribution in [1.29, 1.82) is 0 Å². The minimum Gasteiger partial charge on any atom is -0.194 e. The van der Waals surface area contributed by atoms with Gasteiger partial charge in [-0.1, -0.05) is 36.4 Å². The summed E-state index contributed by atoms with van der Waals surface area (Å²) >= 11 is 0. The van der Waals surface area contributed by atoms with E-state index < -0.39 is 23.6 Å². The highest BCUT2D eigenvalue weighted by Crippen LogP contribution is 2.51. The molecule has 0 saturated carbocycles. The summed E-state index contributed by atoms with van der Waals surface area (Å²) in [5, 5.41) is 0.435. The molecule has 0 atom stereocenters. The molecule has 0 spiro atoms. The minimum atomic E-state index is -6.35. The SMILES string of the molecule is FC(F)(F)C(F)(F)C(F)(F)c1[c]c2ccccc2cc1. The zero-order valence-electron chi connectivity index (χ0n) is 9.61. The van der Waals surface area contributed by atoms with Gasteiger partial charge in [-0.3, -0.25) is 0 Å². The first kappa shape index (κ1) is 14.6. The van der Waals surface area contributed by atoms with Gasteiger partial charge >= 0.3 is 18.0 Å². The first-order valence-corrected chi connectivity index (χ1v) is 5.31. The Bertz CT molecular complexity index is 628. The van der Waals surface area contributed by atoms with E-state index in [9.17, 15) is 30.7 Å². The second-order valence-corrected chi connectivity index (χ2v) is 4.11. The zero-order chi connectivity index (χ0) is 15.2. The molecule has 0 aromatic heterocycles. The lowest BCUT2D eigenvalue weighted by Crippen LogP contribution is -2.50. The van der Waals surface area contributed by atoms with Crippen LogP contribution in [0.2, 0.25) is 0 Å². The maximum Gasteiger partial charge on any atom is 0.460 e. The van der Waals surface area contributed by atoms with Crippen LogP contribution in [0.5, 0.6) is 0 Å². The predicted molar refractivity (Wildman–Crippen MR) is 57.7 cm³/mol. The molecule has 0 aliphatic rings. The summed E-state index contributed by atoms with van der Waals surface area (Å²) in [6.07, 6.45) is -6.35. The topological polar surface area (TPSA) is 0 Å². The van der Waals surface area contributed by atoms with E-state index in [-0.39, 0.29) is 5.39 Å². The molecular formula is C13H6F7. The Kier molecular flexibility index (Phi) is 3.19. The van der Waals surface area contributed by atoms with Crippen LogP contribution in [0.3, 0.4) is 0 Å². The van der Waals surface area contributed by atoms with E-state index in [0.717, 1.165) is 6.07 Å². The van der Waals surface area contributed by atoms with Crippen molar-refractivity contribution in [3.63, 3.8) is 0 Å². The summed E-state index contributed by atoms with van der Waals surface area (Å²) < 4.78 is 89.0. The minimum absolute atomic E-state index is 0.0302.